The van der Waals surface area contributed by atoms with Crippen LogP contribution < -0.4 is 5.32 Å². The number of carbonyl (C=O) groups is 2. The van der Waals surface area contributed by atoms with Crippen molar-refractivity contribution in [3.8, 4) is 0 Å². The highest BCUT2D eigenvalue weighted by Crippen LogP contribution is 2.20. The van der Waals surface area contributed by atoms with Crippen LogP contribution in [0.1, 0.15) is 68.7 Å². The fraction of sp³-hybridized carbons (Fsp3) is 0.375. The van der Waals surface area contributed by atoms with Gasteiger partial charge in [0.25, 0.3) is 0 Å². The SMILES string of the molecule is CCC(C)NC(=O)C(Cc1ccccc1)N(Cc1ccc(Br)cc1)C(=O)CCc1ccc(C(C)C)cc1. The summed E-state index contributed by atoms with van der Waals surface area (Å²) >= 11 is 3.49. The van der Waals surface area contributed by atoms with Gasteiger partial charge in [-0.1, -0.05) is 103 Å². The Bertz CT molecular complexity index is 1130. The molecule has 2 atom stereocenters. The van der Waals surface area contributed by atoms with Crippen LogP contribution in [0.3, 0.4) is 0 Å². The first-order valence-corrected chi connectivity index (χ1v) is 14.0. The first kappa shape index (κ1) is 28.6. The lowest BCUT2D eigenvalue weighted by Crippen LogP contribution is -2.52. The van der Waals surface area contributed by atoms with E-state index in [1.54, 1.807) is 4.90 Å². The largest absolute Gasteiger partial charge is 0.352 e. The summed E-state index contributed by atoms with van der Waals surface area (Å²) in [4.78, 5) is 29.1. The predicted molar refractivity (Wildman–Crippen MR) is 155 cm³/mol. The minimum Gasteiger partial charge on any atom is -0.352 e. The molecule has 2 unspecified atom stereocenters. The maximum absolute atomic E-state index is 13.8. The molecule has 3 aromatic carbocycles. The number of halogens is 1. The maximum atomic E-state index is 13.8. The lowest BCUT2D eigenvalue weighted by Gasteiger charge is -2.32. The lowest BCUT2D eigenvalue weighted by atomic mass is 9.99. The van der Waals surface area contributed by atoms with Gasteiger partial charge in [-0.3, -0.25) is 9.59 Å². The molecule has 0 heterocycles. The molecule has 37 heavy (non-hydrogen) atoms. The number of amides is 2. The first-order chi connectivity index (χ1) is 17.8. The third-order valence-electron chi connectivity index (χ3n) is 6.81. The molecule has 0 spiro atoms. The number of hydrogen-bond acceptors (Lipinski definition) is 2. The van der Waals surface area contributed by atoms with Crippen LogP contribution in [0, 0.1) is 0 Å². The number of nitrogens with one attached hydrogen (secondary N) is 1. The molecule has 0 radical (unpaired) electrons. The summed E-state index contributed by atoms with van der Waals surface area (Å²) < 4.78 is 0.981. The predicted octanol–water partition coefficient (Wildman–Crippen LogP) is 7.06. The molecule has 4 nitrogen and oxygen atoms in total. The molecular weight excluding hydrogens is 524 g/mol. The second-order valence-corrected chi connectivity index (χ2v) is 11.0. The van der Waals surface area contributed by atoms with E-state index < -0.39 is 6.04 Å². The van der Waals surface area contributed by atoms with Gasteiger partial charge in [-0.25, -0.2) is 0 Å². The highest BCUT2D eigenvalue weighted by atomic mass is 79.9. The average Bonchev–Trinajstić information content (AvgIpc) is 2.91. The van der Waals surface area contributed by atoms with E-state index in [-0.39, 0.29) is 17.9 Å². The van der Waals surface area contributed by atoms with E-state index in [2.05, 4.69) is 59.4 Å². The van der Waals surface area contributed by atoms with Crippen molar-refractivity contribution in [2.45, 2.75) is 77.9 Å². The molecule has 0 fully saturated rings. The molecule has 0 aliphatic carbocycles. The molecule has 1 N–H and O–H groups in total. The Hall–Kier alpha value is -2.92. The Balaban J connectivity index is 1.88. The van der Waals surface area contributed by atoms with E-state index in [4.69, 9.17) is 0 Å². The van der Waals surface area contributed by atoms with Crippen molar-refractivity contribution in [3.63, 3.8) is 0 Å². The average molecular weight is 564 g/mol. The van der Waals surface area contributed by atoms with Crippen LogP contribution in [0.2, 0.25) is 0 Å². The summed E-state index contributed by atoms with van der Waals surface area (Å²) in [6.07, 6.45) is 2.28. The Kier molecular flexibility index (Phi) is 10.9. The second-order valence-electron chi connectivity index (χ2n) is 10.1. The van der Waals surface area contributed by atoms with Gasteiger partial charge in [0.15, 0.2) is 0 Å². The van der Waals surface area contributed by atoms with Gasteiger partial charge in [0.1, 0.15) is 6.04 Å². The van der Waals surface area contributed by atoms with Crippen LogP contribution in [0.4, 0.5) is 0 Å². The number of hydrogen-bond donors (Lipinski definition) is 1. The summed E-state index contributed by atoms with van der Waals surface area (Å²) in [6, 6.07) is 25.8. The number of carbonyl (C=O) groups excluding carboxylic acids is 2. The zero-order valence-electron chi connectivity index (χ0n) is 22.4. The van der Waals surface area contributed by atoms with Crippen molar-refractivity contribution < 1.29 is 9.59 Å². The van der Waals surface area contributed by atoms with Crippen LogP contribution in [0.25, 0.3) is 0 Å². The normalized spacial score (nSPS) is 12.7. The first-order valence-electron chi connectivity index (χ1n) is 13.2. The molecule has 0 saturated carbocycles. The Morgan fingerprint density at radius 3 is 2.05 bits per heavy atom. The van der Waals surface area contributed by atoms with E-state index in [0.29, 0.717) is 31.7 Å². The number of rotatable bonds is 12. The quantitative estimate of drug-likeness (QED) is 0.257. The monoisotopic (exact) mass is 562 g/mol. The number of nitrogens with zero attached hydrogens (tertiary/aromatic N) is 1. The fourth-order valence-corrected chi connectivity index (χ4v) is 4.51. The standard InChI is InChI=1S/C32H39BrN2O2/c1-5-24(4)34-32(37)30(21-26-9-7-6-8-10-26)35(22-27-13-18-29(33)19-14-27)31(36)20-15-25-11-16-28(17-12-25)23(2)3/h6-14,16-19,23-24,30H,5,15,20-22H2,1-4H3,(H,34,37). The van der Waals surface area contributed by atoms with Crippen molar-refractivity contribution in [2.75, 3.05) is 0 Å². The van der Waals surface area contributed by atoms with E-state index in [0.717, 1.165) is 27.6 Å². The molecule has 5 heteroatoms. The molecule has 3 aromatic rings. The topological polar surface area (TPSA) is 49.4 Å². The van der Waals surface area contributed by atoms with Gasteiger partial charge in [-0.05, 0) is 60.1 Å². The lowest BCUT2D eigenvalue weighted by molar-refractivity contribution is -0.141. The van der Waals surface area contributed by atoms with Crippen LogP contribution in [0.15, 0.2) is 83.3 Å². The summed E-state index contributed by atoms with van der Waals surface area (Å²) in [7, 11) is 0. The van der Waals surface area contributed by atoms with Crippen LogP contribution in [0.5, 0.6) is 0 Å². The summed E-state index contributed by atoms with van der Waals surface area (Å²) in [5.74, 6) is 0.348. The molecular formula is C32H39BrN2O2. The number of benzene rings is 3. The molecule has 2 amide bonds. The van der Waals surface area contributed by atoms with Gasteiger partial charge in [-0.15, -0.1) is 0 Å². The Morgan fingerprint density at radius 1 is 0.838 bits per heavy atom. The molecule has 196 valence electrons. The van der Waals surface area contributed by atoms with Crippen LogP contribution in [-0.2, 0) is 29.0 Å². The van der Waals surface area contributed by atoms with Crippen LogP contribution in [-0.4, -0.2) is 28.8 Å². The van der Waals surface area contributed by atoms with E-state index in [1.165, 1.54) is 5.56 Å². The van der Waals surface area contributed by atoms with Crippen molar-refractivity contribution in [1.29, 1.82) is 0 Å². The van der Waals surface area contributed by atoms with Crippen LogP contribution >= 0.6 is 15.9 Å². The molecule has 0 aliphatic heterocycles. The molecule has 0 aromatic heterocycles. The fourth-order valence-electron chi connectivity index (χ4n) is 4.25. The Labute approximate surface area is 230 Å². The molecule has 0 aliphatic rings. The minimum absolute atomic E-state index is 0.0175. The summed E-state index contributed by atoms with van der Waals surface area (Å²) in [6.45, 7) is 8.78. The zero-order chi connectivity index (χ0) is 26.8. The smallest absolute Gasteiger partial charge is 0.243 e. The van der Waals surface area contributed by atoms with Crippen molar-refractivity contribution in [3.05, 3.63) is 106 Å². The summed E-state index contributed by atoms with van der Waals surface area (Å²) in [5.41, 5.74) is 4.44. The minimum atomic E-state index is -0.601. The van der Waals surface area contributed by atoms with Gasteiger partial charge >= 0.3 is 0 Å². The molecule has 0 saturated heterocycles. The molecule has 3 rings (SSSR count). The van der Waals surface area contributed by atoms with Gasteiger partial charge in [0.05, 0.1) is 0 Å². The molecule has 0 bridgehead atoms. The second kappa shape index (κ2) is 14.1. The van der Waals surface area contributed by atoms with E-state index in [9.17, 15) is 9.59 Å². The third-order valence-corrected chi connectivity index (χ3v) is 7.34. The highest BCUT2D eigenvalue weighted by molar-refractivity contribution is 9.10. The van der Waals surface area contributed by atoms with Crippen molar-refractivity contribution in [2.24, 2.45) is 0 Å². The summed E-state index contributed by atoms with van der Waals surface area (Å²) in [5, 5.41) is 3.13. The van der Waals surface area contributed by atoms with Gasteiger partial charge < -0.3 is 10.2 Å². The van der Waals surface area contributed by atoms with Gasteiger partial charge in [0, 0.05) is 29.9 Å². The van der Waals surface area contributed by atoms with Crippen molar-refractivity contribution in [1.82, 2.24) is 10.2 Å². The maximum Gasteiger partial charge on any atom is 0.243 e. The van der Waals surface area contributed by atoms with Crippen molar-refractivity contribution >= 4 is 27.7 Å². The van der Waals surface area contributed by atoms with E-state index in [1.807, 2.05) is 68.4 Å². The third kappa shape index (κ3) is 8.85. The number of aryl methyl sites for hydroxylation is 1. The highest BCUT2D eigenvalue weighted by Gasteiger charge is 2.30. The van der Waals surface area contributed by atoms with Gasteiger partial charge in [-0.2, -0.15) is 0 Å². The Morgan fingerprint density at radius 2 is 1.46 bits per heavy atom. The van der Waals surface area contributed by atoms with Gasteiger partial charge in [0.2, 0.25) is 11.8 Å². The zero-order valence-corrected chi connectivity index (χ0v) is 24.0. The van der Waals surface area contributed by atoms with E-state index >= 15 is 0 Å².